The summed E-state index contributed by atoms with van der Waals surface area (Å²) in [5, 5.41) is 19.0. The van der Waals surface area contributed by atoms with Crippen LogP contribution < -0.4 is 11.1 Å². The lowest BCUT2D eigenvalue weighted by molar-refractivity contribution is 0.0943. The molecule has 0 spiro atoms. The first-order chi connectivity index (χ1) is 18.7. The molecule has 198 valence electrons. The van der Waals surface area contributed by atoms with Gasteiger partial charge in [-0.1, -0.05) is 41.7 Å². The third-order valence-electron chi connectivity index (χ3n) is 6.22. The van der Waals surface area contributed by atoms with Crippen molar-refractivity contribution in [2.75, 3.05) is 5.73 Å². The molecule has 5 aromatic rings. The molecule has 0 saturated heterocycles. The van der Waals surface area contributed by atoms with Crippen LogP contribution in [0.2, 0.25) is 0 Å². The number of sulfone groups is 1. The molecule has 5 rings (SSSR count). The number of aryl methyl sites for hydroxylation is 1. The minimum atomic E-state index is -3.55. The van der Waals surface area contributed by atoms with Crippen LogP contribution in [-0.2, 0) is 29.2 Å². The number of aromatic nitrogens is 4. The molecule has 13 heteroatoms. The van der Waals surface area contributed by atoms with Crippen LogP contribution in [0.15, 0.2) is 66.0 Å². The number of carbonyl (C=O) groups excluding carboxylic acids is 1. The number of fused-ring (bicyclic) bond motifs is 1. The van der Waals surface area contributed by atoms with Gasteiger partial charge in [0.2, 0.25) is 0 Å². The monoisotopic (exact) mass is 560 g/mol. The van der Waals surface area contributed by atoms with Crippen molar-refractivity contribution < 1.29 is 13.2 Å². The summed E-state index contributed by atoms with van der Waals surface area (Å²) in [6, 6.07) is 13.4. The van der Waals surface area contributed by atoms with Crippen LogP contribution in [0.5, 0.6) is 0 Å². The van der Waals surface area contributed by atoms with Crippen molar-refractivity contribution in [3.63, 3.8) is 0 Å². The van der Waals surface area contributed by atoms with E-state index in [4.69, 9.17) is 16.6 Å². The second-order valence-electron chi connectivity index (χ2n) is 8.71. The molecule has 5 N–H and O–H groups in total. The Bertz CT molecular complexity index is 1840. The zero-order valence-corrected chi connectivity index (χ0v) is 22.4. The molecule has 0 aliphatic heterocycles. The summed E-state index contributed by atoms with van der Waals surface area (Å²) in [5.74, 6) is -0.644. The Morgan fingerprint density at radius 1 is 1.10 bits per heavy atom. The van der Waals surface area contributed by atoms with Gasteiger partial charge in [-0.2, -0.15) is 0 Å². The standard InChI is InChI=1S/C26H24N8O3S2/c1-33-22(25(35)30-12-16-6-5-9-21(29)19(16)10-27)20(11-28)23-24(33)32-26(38-23)34-13-17(31-15-34)14-39(36,37)18-7-3-2-4-8-18/h2-11,13,15,27-28H,12,14,29H2,1H3,(H,30,35). The first kappa shape index (κ1) is 26.0. The largest absolute Gasteiger partial charge is 0.398 e. The lowest BCUT2D eigenvalue weighted by atomic mass is 10.1. The first-order valence-corrected chi connectivity index (χ1v) is 14.2. The molecule has 0 bridgehead atoms. The van der Waals surface area contributed by atoms with Crippen molar-refractivity contribution in [1.82, 2.24) is 24.4 Å². The molecular weight excluding hydrogens is 536 g/mol. The summed E-state index contributed by atoms with van der Waals surface area (Å²) in [5.41, 5.74) is 9.22. The van der Waals surface area contributed by atoms with E-state index in [9.17, 15) is 13.2 Å². The summed E-state index contributed by atoms with van der Waals surface area (Å²) in [7, 11) is -1.85. The summed E-state index contributed by atoms with van der Waals surface area (Å²) in [4.78, 5) is 22.3. The fourth-order valence-corrected chi connectivity index (χ4v) is 6.62. The highest BCUT2D eigenvalue weighted by Gasteiger charge is 2.24. The second kappa shape index (κ2) is 10.3. The fraction of sp³-hybridized carbons (Fsp3) is 0.115. The highest BCUT2D eigenvalue weighted by atomic mass is 32.2. The van der Waals surface area contributed by atoms with Crippen LogP contribution in [-0.4, -0.2) is 45.9 Å². The molecular formula is C26H24N8O3S2. The number of imidazole rings is 1. The number of carbonyl (C=O) groups is 1. The van der Waals surface area contributed by atoms with E-state index in [1.807, 2.05) is 0 Å². The van der Waals surface area contributed by atoms with Gasteiger partial charge in [-0.25, -0.2) is 18.4 Å². The summed E-state index contributed by atoms with van der Waals surface area (Å²) in [6.45, 7) is 0.160. The Balaban J connectivity index is 1.40. The molecule has 0 aliphatic carbocycles. The van der Waals surface area contributed by atoms with E-state index >= 15 is 0 Å². The van der Waals surface area contributed by atoms with Crippen molar-refractivity contribution in [3.8, 4) is 5.13 Å². The van der Waals surface area contributed by atoms with Gasteiger partial charge in [0.25, 0.3) is 5.91 Å². The predicted octanol–water partition coefficient (Wildman–Crippen LogP) is 3.30. The molecule has 3 heterocycles. The van der Waals surface area contributed by atoms with Crippen LogP contribution in [0, 0.1) is 10.8 Å². The molecule has 3 aromatic heterocycles. The SMILES string of the molecule is Cn1c(C(=O)NCc2cccc(N)c2C=N)c(C=N)c2sc(-n3cnc(CS(=O)(=O)c4ccccc4)c3)nc21. The molecule has 11 nitrogen and oxygen atoms in total. The van der Waals surface area contributed by atoms with Crippen LogP contribution >= 0.6 is 11.3 Å². The second-order valence-corrected chi connectivity index (χ2v) is 11.7. The summed E-state index contributed by atoms with van der Waals surface area (Å²) in [6.07, 6.45) is 5.39. The van der Waals surface area contributed by atoms with Crippen LogP contribution in [0.4, 0.5) is 5.69 Å². The third kappa shape index (κ3) is 4.84. The van der Waals surface area contributed by atoms with Crippen molar-refractivity contribution in [1.29, 1.82) is 10.8 Å². The molecule has 1 amide bonds. The average molecular weight is 561 g/mol. The zero-order chi connectivity index (χ0) is 27.7. The smallest absolute Gasteiger partial charge is 0.268 e. The van der Waals surface area contributed by atoms with E-state index in [2.05, 4.69) is 15.3 Å². The van der Waals surface area contributed by atoms with Gasteiger partial charge >= 0.3 is 0 Å². The highest BCUT2D eigenvalue weighted by molar-refractivity contribution is 7.90. The number of anilines is 1. The average Bonchev–Trinajstić information content (AvgIpc) is 3.63. The van der Waals surface area contributed by atoms with Crippen LogP contribution in [0.3, 0.4) is 0 Å². The van der Waals surface area contributed by atoms with E-state index in [1.54, 1.807) is 70.9 Å². The number of nitrogens with zero attached hydrogens (tertiary/aromatic N) is 4. The molecule has 0 unspecified atom stereocenters. The predicted molar refractivity (Wildman–Crippen MR) is 151 cm³/mol. The summed E-state index contributed by atoms with van der Waals surface area (Å²) < 4.78 is 29.4. The van der Waals surface area contributed by atoms with Gasteiger partial charge in [0.1, 0.15) is 12.0 Å². The minimum absolute atomic E-state index is 0.160. The molecule has 0 saturated carbocycles. The third-order valence-corrected chi connectivity index (χ3v) is 8.98. The molecule has 0 atom stereocenters. The summed E-state index contributed by atoms with van der Waals surface area (Å²) >= 11 is 1.27. The number of hydrogen-bond acceptors (Lipinski definition) is 9. The number of nitrogens with one attached hydrogen (secondary N) is 3. The van der Waals surface area contributed by atoms with E-state index < -0.39 is 15.7 Å². The Morgan fingerprint density at radius 2 is 1.85 bits per heavy atom. The molecule has 39 heavy (non-hydrogen) atoms. The fourth-order valence-electron chi connectivity index (χ4n) is 4.29. The molecule has 0 fully saturated rings. The van der Waals surface area contributed by atoms with Crippen LogP contribution in [0.25, 0.3) is 15.5 Å². The normalized spacial score (nSPS) is 11.5. The number of nitrogen functional groups attached to an aromatic ring is 1. The van der Waals surface area contributed by atoms with Crippen molar-refractivity contribution in [2.24, 2.45) is 7.05 Å². The quantitative estimate of drug-likeness (QED) is 0.159. The van der Waals surface area contributed by atoms with Gasteiger partial charge in [-0.15, -0.1) is 0 Å². The lowest BCUT2D eigenvalue weighted by Crippen LogP contribution is -2.26. The number of thiazole rings is 1. The number of nitrogens with two attached hydrogens (primary N) is 1. The van der Waals surface area contributed by atoms with Crippen molar-refractivity contribution >= 4 is 55.5 Å². The Hall–Kier alpha value is -4.62. The lowest BCUT2D eigenvalue weighted by Gasteiger charge is -2.11. The van der Waals surface area contributed by atoms with Gasteiger partial charge in [0.15, 0.2) is 20.6 Å². The van der Waals surface area contributed by atoms with Crippen molar-refractivity contribution in [3.05, 3.63) is 89.1 Å². The maximum Gasteiger partial charge on any atom is 0.268 e. The van der Waals surface area contributed by atoms with Gasteiger partial charge in [-0.05, 0) is 23.8 Å². The Morgan fingerprint density at radius 3 is 2.56 bits per heavy atom. The van der Waals surface area contributed by atoms with Crippen LogP contribution in [0.1, 0.15) is 32.9 Å². The van der Waals surface area contributed by atoms with Gasteiger partial charge in [0, 0.05) is 49.0 Å². The van der Waals surface area contributed by atoms with Crippen molar-refractivity contribution in [2.45, 2.75) is 17.2 Å². The molecule has 0 aliphatic rings. The highest BCUT2D eigenvalue weighted by Crippen LogP contribution is 2.32. The van der Waals surface area contributed by atoms with E-state index in [1.165, 1.54) is 17.7 Å². The van der Waals surface area contributed by atoms with Gasteiger partial charge in [0.05, 0.1) is 21.0 Å². The van der Waals surface area contributed by atoms with E-state index in [-0.39, 0.29) is 22.9 Å². The van der Waals surface area contributed by atoms with Gasteiger partial charge in [-0.3, -0.25) is 9.36 Å². The number of hydrogen-bond donors (Lipinski definition) is 4. The first-order valence-electron chi connectivity index (χ1n) is 11.7. The molecule has 0 radical (unpaired) electrons. The topological polar surface area (TPSA) is 173 Å². The Labute approximate surface area is 227 Å². The molecule has 2 aromatic carbocycles. The Kier molecular flexibility index (Phi) is 6.85. The van der Waals surface area contributed by atoms with E-state index in [0.29, 0.717) is 43.6 Å². The minimum Gasteiger partial charge on any atom is -0.398 e. The van der Waals surface area contributed by atoms with Gasteiger partial charge < -0.3 is 26.4 Å². The van der Waals surface area contributed by atoms with E-state index in [0.717, 1.165) is 12.4 Å². The zero-order valence-electron chi connectivity index (χ0n) is 20.7. The number of amides is 1. The maximum atomic E-state index is 13.2. The number of benzene rings is 2. The number of rotatable bonds is 9. The maximum absolute atomic E-state index is 13.2.